The predicted molar refractivity (Wildman–Crippen MR) is 93.3 cm³/mol. The molecule has 2 heterocycles. The minimum absolute atomic E-state index is 0.243. The molecule has 2 saturated heterocycles. The Labute approximate surface area is 140 Å². The highest BCUT2D eigenvalue weighted by molar-refractivity contribution is 5.79. The molecular weight excluding hydrogens is 286 g/mol. The maximum absolute atomic E-state index is 12.7. The smallest absolute Gasteiger partial charge is 0.225 e. The molecule has 0 bridgehead atoms. The van der Waals surface area contributed by atoms with Gasteiger partial charge in [0.2, 0.25) is 5.91 Å². The molecule has 126 valence electrons. The number of benzene rings is 1. The molecule has 0 aliphatic carbocycles. The van der Waals surface area contributed by atoms with Crippen LogP contribution in [-0.2, 0) is 11.3 Å². The van der Waals surface area contributed by atoms with E-state index in [1.165, 1.54) is 11.1 Å². The largest absolute Gasteiger partial charge is 0.340 e. The topological polar surface area (TPSA) is 26.8 Å². The van der Waals surface area contributed by atoms with Crippen LogP contribution >= 0.6 is 0 Å². The number of rotatable bonds is 3. The summed E-state index contributed by atoms with van der Waals surface area (Å²) in [6, 6.07) is 8.80. The lowest BCUT2D eigenvalue weighted by Gasteiger charge is -2.37. The fourth-order valence-electron chi connectivity index (χ4n) is 3.57. The van der Waals surface area contributed by atoms with Crippen molar-refractivity contribution >= 4 is 5.91 Å². The second kappa shape index (κ2) is 7.45. The van der Waals surface area contributed by atoms with E-state index in [1.807, 2.05) is 0 Å². The molecule has 2 aliphatic rings. The first kappa shape index (κ1) is 16.5. The molecule has 0 radical (unpaired) electrons. The van der Waals surface area contributed by atoms with Crippen molar-refractivity contribution < 1.29 is 4.79 Å². The summed E-state index contributed by atoms with van der Waals surface area (Å²) in [6.45, 7) is 9.04. The van der Waals surface area contributed by atoms with Gasteiger partial charge in [-0.2, -0.15) is 0 Å². The first-order chi connectivity index (χ1) is 11.1. The molecule has 0 atom stereocenters. The average Bonchev–Trinajstić information content (AvgIpc) is 2.58. The van der Waals surface area contributed by atoms with Crippen LogP contribution in [0, 0.1) is 12.8 Å². The summed E-state index contributed by atoms with van der Waals surface area (Å²) >= 11 is 0. The Morgan fingerprint density at radius 3 is 2.22 bits per heavy atom. The Morgan fingerprint density at radius 1 is 1.00 bits per heavy atom. The molecule has 1 aromatic carbocycles. The number of likely N-dealkylation sites (tertiary alicyclic amines) is 1. The third-order valence-corrected chi connectivity index (χ3v) is 5.28. The number of piperidine rings is 1. The van der Waals surface area contributed by atoms with Crippen LogP contribution in [0.15, 0.2) is 24.3 Å². The van der Waals surface area contributed by atoms with Gasteiger partial charge in [-0.25, -0.2) is 0 Å². The summed E-state index contributed by atoms with van der Waals surface area (Å²) in [5, 5.41) is 0. The van der Waals surface area contributed by atoms with Gasteiger partial charge in [-0.3, -0.25) is 9.69 Å². The summed E-state index contributed by atoms with van der Waals surface area (Å²) in [5.41, 5.74) is 2.68. The van der Waals surface area contributed by atoms with Gasteiger partial charge in [0.1, 0.15) is 0 Å². The predicted octanol–water partition coefficient (Wildman–Crippen LogP) is 1.98. The molecule has 0 unspecified atom stereocenters. The van der Waals surface area contributed by atoms with Crippen LogP contribution in [0.3, 0.4) is 0 Å². The molecule has 1 aromatic rings. The molecular formula is C19H29N3O. The zero-order chi connectivity index (χ0) is 16.2. The first-order valence-electron chi connectivity index (χ1n) is 8.87. The Morgan fingerprint density at radius 2 is 1.61 bits per heavy atom. The SMILES string of the molecule is Cc1ccc(CN2CCC(C(=O)N3CCN(C)CC3)CC2)cc1. The van der Waals surface area contributed by atoms with E-state index in [9.17, 15) is 4.79 Å². The van der Waals surface area contributed by atoms with E-state index in [0.29, 0.717) is 5.91 Å². The van der Waals surface area contributed by atoms with E-state index >= 15 is 0 Å². The van der Waals surface area contributed by atoms with E-state index in [2.05, 4.69) is 52.9 Å². The Hall–Kier alpha value is -1.39. The van der Waals surface area contributed by atoms with Crippen LogP contribution in [0.1, 0.15) is 24.0 Å². The molecule has 0 aromatic heterocycles. The van der Waals surface area contributed by atoms with Crippen LogP contribution in [0.25, 0.3) is 0 Å². The number of nitrogens with zero attached hydrogens (tertiary/aromatic N) is 3. The van der Waals surface area contributed by atoms with Gasteiger partial charge >= 0.3 is 0 Å². The molecule has 2 fully saturated rings. The molecule has 23 heavy (non-hydrogen) atoms. The highest BCUT2D eigenvalue weighted by Gasteiger charge is 2.29. The van der Waals surface area contributed by atoms with Gasteiger partial charge in [-0.05, 0) is 45.5 Å². The fraction of sp³-hybridized carbons (Fsp3) is 0.632. The molecule has 4 nitrogen and oxygen atoms in total. The summed E-state index contributed by atoms with van der Waals surface area (Å²) < 4.78 is 0. The van der Waals surface area contributed by atoms with Gasteiger partial charge in [0, 0.05) is 38.6 Å². The van der Waals surface area contributed by atoms with Gasteiger partial charge in [-0.1, -0.05) is 29.8 Å². The summed E-state index contributed by atoms with van der Waals surface area (Å²) in [5.74, 6) is 0.640. The van der Waals surface area contributed by atoms with Crippen LogP contribution in [0.5, 0.6) is 0 Å². The zero-order valence-electron chi connectivity index (χ0n) is 14.5. The summed E-state index contributed by atoms with van der Waals surface area (Å²) in [7, 11) is 2.13. The second-order valence-corrected chi connectivity index (χ2v) is 7.16. The lowest BCUT2D eigenvalue weighted by molar-refractivity contribution is -0.138. The van der Waals surface area contributed by atoms with Crippen molar-refractivity contribution in [1.29, 1.82) is 0 Å². The van der Waals surface area contributed by atoms with E-state index in [1.54, 1.807) is 0 Å². The summed E-state index contributed by atoms with van der Waals surface area (Å²) in [6.07, 6.45) is 2.02. The van der Waals surface area contributed by atoms with Crippen LogP contribution in [0.2, 0.25) is 0 Å². The second-order valence-electron chi connectivity index (χ2n) is 7.16. The lowest BCUT2D eigenvalue weighted by atomic mass is 9.94. The van der Waals surface area contributed by atoms with E-state index < -0.39 is 0 Å². The van der Waals surface area contributed by atoms with Crippen molar-refractivity contribution in [3.63, 3.8) is 0 Å². The van der Waals surface area contributed by atoms with Crippen LogP contribution < -0.4 is 0 Å². The number of amides is 1. The van der Waals surface area contributed by atoms with Crippen molar-refractivity contribution in [3.05, 3.63) is 35.4 Å². The first-order valence-corrected chi connectivity index (χ1v) is 8.87. The van der Waals surface area contributed by atoms with Gasteiger partial charge in [-0.15, -0.1) is 0 Å². The van der Waals surface area contributed by atoms with Crippen molar-refractivity contribution in [3.8, 4) is 0 Å². The Bertz CT molecular complexity index is 512. The standard InChI is InChI=1S/C19H29N3O/c1-16-3-5-17(6-4-16)15-21-9-7-18(8-10-21)19(23)22-13-11-20(2)12-14-22/h3-6,18H,7-15H2,1-2H3. The number of carbonyl (C=O) groups excluding carboxylic acids is 1. The maximum Gasteiger partial charge on any atom is 0.225 e. The minimum Gasteiger partial charge on any atom is -0.340 e. The van der Waals surface area contributed by atoms with Crippen molar-refractivity contribution in [1.82, 2.24) is 14.7 Å². The quantitative estimate of drug-likeness (QED) is 0.853. The van der Waals surface area contributed by atoms with Gasteiger partial charge < -0.3 is 9.80 Å². The molecule has 0 saturated carbocycles. The number of hydrogen-bond donors (Lipinski definition) is 0. The normalized spacial score (nSPS) is 21.6. The van der Waals surface area contributed by atoms with Gasteiger partial charge in [0.05, 0.1) is 0 Å². The Kier molecular flexibility index (Phi) is 5.34. The van der Waals surface area contributed by atoms with Crippen LogP contribution in [0.4, 0.5) is 0 Å². The van der Waals surface area contributed by atoms with E-state index in [-0.39, 0.29) is 5.92 Å². The molecule has 2 aliphatic heterocycles. The molecule has 4 heteroatoms. The molecule has 0 N–H and O–H groups in total. The van der Waals surface area contributed by atoms with E-state index in [4.69, 9.17) is 0 Å². The maximum atomic E-state index is 12.7. The number of likely N-dealkylation sites (N-methyl/N-ethyl adjacent to an activating group) is 1. The molecule has 1 amide bonds. The number of carbonyl (C=O) groups is 1. The Balaban J connectivity index is 1.46. The minimum atomic E-state index is 0.243. The van der Waals surface area contributed by atoms with Gasteiger partial charge in [0.15, 0.2) is 0 Å². The zero-order valence-corrected chi connectivity index (χ0v) is 14.5. The highest BCUT2D eigenvalue weighted by Crippen LogP contribution is 2.22. The third kappa shape index (κ3) is 4.33. The van der Waals surface area contributed by atoms with Crippen molar-refractivity contribution in [2.75, 3.05) is 46.3 Å². The van der Waals surface area contributed by atoms with Gasteiger partial charge in [0.25, 0.3) is 0 Å². The van der Waals surface area contributed by atoms with Crippen molar-refractivity contribution in [2.24, 2.45) is 5.92 Å². The highest BCUT2D eigenvalue weighted by atomic mass is 16.2. The molecule has 3 rings (SSSR count). The fourth-order valence-corrected chi connectivity index (χ4v) is 3.57. The number of hydrogen-bond acceptors (Lipinski definition) is 3. The number of aryl methyl sites for hydroxylation is 1. The third-order valence-electron chi connectivity index (χ3n) is 5.28. The van der Waals surface area contributed by atoms with Crippen molar-refractivity contribution in [2.45, 2.75) is 26.3 Å². The number of piperazine rings is 1. The van der Waals surface area contributed by atoms with Crippen LogP contribution in [-0.4, -0.2) is 66.9 Å². The lowest BCUT2D eigenvalue weighted by Crippen LogP contribution is -2.50. The van der Waals surface area contributed by atoms with E-state index in [0.717, 1.165) is 58.7 Å². The monoisotopic (exact) mass is 315 g/mol. The average molecular weight is 315 g/mol. The molecule has 0 spiro atoms. The summed E-state index contributed by atoms with van der Waals surface area (Å²) in [4.78, 5) is 19.5.